The molecule has 2 aromatic rings. The summed E-state index contributed by atoms with van der Waals surface area (Å²) in [6.07, 6.45) is 0. The van der Waals surface area contributed by atoms with Gasteiger partial charge in [0.2, 0.25) is 21.8 Å². The Morgan fingerprint density at radius 3 is 2.67 bits per heavy atom. The van der Waals surface area contributed by atoms with E-state index in [1.54, 1.807) is 18.2 Å². The van der Waals surface area contributed by atoms with Crippen LogP contribution in [0.4, 0.5) is 11.4 Å². The van der Waals surface area contributed by atoms with Gasteiger partial charge in [0.15, 0.2) is 0 Å². The minimum Gasteiger partial charge on any atom is -0.379 e. The number of rotatable bonds is 5. The quantitative estimate of drug-likeness (QED) is 0.694. The fraction of sp³-hybridized carbons (Fsp3) is 0.391. The van der Waals surface area contributed by atoms with Gasteiger partial charge in [0.1, 0.15) is 6.54 Å². The van der Waals surface area contributed by atoms with Gasteiger partial charge >= 0.3 is 0 Å². The Morgan fingerprint density at radius 1 is 1.18 bits per heavy atom. The Bertz CT molecular complexity index is 1160. The molecule has 2 aliphatic heterocycles. The maximum atomic E-state index is 13.2. The molecule has 176 valence electrons. The lowest BCUT2D eigenvalue weighted by molar-refractivity contribution is -0.123. The summed E-state index contributed by atoms with van der Waals surface area (Å²) in [5, 5.41) is 2.83. The van der Waals surface area contributed by atoms with Crippen molar-refractivity contribution < 1.29 is 22.7 Å². The number of thioether (sulfide) groups is 1. The Hall–Kier alpha value is -2.40. The number of anilines is 2. The van der Waals surface area contributed by atoms with E-state index >= 15 is 0 Å². The highest BCUT2D eigenvalue weighted by Gasteiger charge is 2.32. The van der Waals surface area contributed by atoms with Crippen LogP contribution < -0.4 is 10.2 Å². The number of benzene rings is 2. The number of fused-ring (bicyclic) bond motifs is 1. The van der Waals surface area contributed by atoms with Crippen LogP contribution in [0.15, 0.2) is 52.3 Å². The van der Waals surface area contributed by atoms with Crippen LogP contribution in [0.25, 0.3) is 0 Å². The largest absolute Gasteiger partial charge is 0.379 e. The summed E-state index contributed by atoms with van der Waals surface area (Å²) in [5.74, 6) is -0.312. The smallest absolute Gasteiger partial charge is 0.244 e. The molecule has 2 aliphatic rings. The lowest BCUT2D eigenvalue weighted by Gasteiger charge is -2.27. The third kappa shape index (κ3) is 5.24. The number of aryl methyl sites for hydroxylation is 1. The van der Waals surface area contributed by atoms with Crippen LogP contribution in [-0.4, -0.2) is 63.1 Å². The number of nitrogens with zero attached hydrogens (tertiary/aromatic N) is 2. The molecule has 0 aliphatic carbocycles. The number of hydrogen-bond acceptors (Lipinski definition) is 6. The average molecular weight is 490 g/mol. The number of hydrogen-bond donors (Lipinski definition) is 1. The highest BCUT2D eigenvalue weighted by Crippen LogP contribution is 2.38. The second-order valence-electron chi connectivity index (χ2n) is 8.20. The first-order chi connectivity index (χ1) is 15.8. The second-order valence-corrected chi connectivity index (χ2v) is 11.2. The maximum Gasteiger partial charge on any atom is 0.244 e. The van der Waals surface area contributed by atoms with Gasteiger partial charge in [-0.05, 0) is 42.8 Å². The predicted molar refractivity (Wildman–Crippen MR) is 128 cm³/mol. The molecule has 0 saturated carbocycles. The zero-order valence-electron chi connectivity index (χ0n) is 18.6. The van der Waals surface area contributed by atoms with E-state index in [1.165, 1.54) is 27.0 Å². The summed E-state index contributed by atoms with van der Waals surface area (Å²) in [7, 11) is -3.74. The van der Waals surface area contributed by atoms with Crippen molar-refractivity contribution in [2.24, 2.45) is 5.92 Å². The van der Waals surface area contributed by atoms with Gasteiger partial charge in [-0.25, -0.2) is 8.42 Å². The van der Waals surface area contributed by atoms with Crippen molar-refractivity contribution in [3.05, 3.63) is 48.0 Å². The first-order valence-corrected chi connectivity index (χ1v) is 13.2. The van der Waals surface area contributed by atoms with Gasteiger partial charge in [0, 0.05) is 35.3 Å². The van der Waals surface area contributed by atoms with Crippen molar-refractivity contribution in [3.63, 3.8) is 0 Å². The normalized spacial score (nSPS) is 19.6. The van der Waals surface area contributed by atoms with E-state index in [1.807, 2.05) is 32.0 Å². The molecule has 1 atom stereocenters. The summed E-state index contributed by atoms with van der Waals surface area (Å²) in [4.78, 5) is 28.3. The van der Waals surface area contributed by atoms with Crippen molar-refractivity contribution in [3.8, 4) is 0 Å². The molecule has 0 spiro atoms. The van der Waals surface area contributed by atoms with Gasteiger partial charge < -0.3 is 15.0 Å². The van der Waals surface area contributed by atoms with Crippen LogP contribution in [0, 0.1) is 12.8 Å². The van der Waals surface area contributed by atoms with Crippen LogP contribution in [0.3, 0.4) is 0 Å². The third-order valence-corrected chi connectivity index (χ3v) is 8.83. The first-order valence-electron chi connectivity index (χ1n) is 10.8. The van der Waals surface area contributed by atoms with Crippen molar-refractivity contribution in [1.82, 2.24) is 4.31 Å². The lowest BCUT2D eigenvalue weighted by atomic mass is 10.1. The van der Waals surface area contributed by atoms with Gasteiger partial charge in [-0.15, -0.1) is 11.8 Å². The molecule has 2 amide bonds. The molecule has 1 N–H and O–H groups in total. The number of nitrogens with one attached hydrogen (secondary N) is 1. The molecule has 0 radical (unpaired) electrons. The summed E-state index contributed by atoms with van der Waals surface area (Å²) >= 11 is 1.49. The molecule has 2 aromatic carbocycles. The number of carbonyl (C=O) groups excluding carboxylic acids is 2. The molecule has 1 saturated heterocycles. The summed E-state index contributed by atoms with van der Waals surface area (Å²) in [6.45, 7) is 4.81. The molecule has 10 heteroatoms. The van der Waals surface area contributed by atoms with Gasteiger partial charge in [-0.1, -0.05) is 19.1 Å². The van der Waals surface area contributed by atoms with E-state index in [2.05, 4.69) is 5.32 Å². The van der Waals surface area contributed by atoms with E-state index in [0.29, 0.717) is 30.3 Å². The molecule has 1 unspecified atom stereocenters. The van der Waals surface area contributed by atoms with Gasteiger partial charge in [0.25, 0.3) is 0 Å². The summed E-state index contributed by atoms with van der Waals surface area (Å²) in [5.41, 5.74) is 2.10. The minimum atomic E-state index is -3.74. The molecule has 1 fully saturated rings. The minimum absolute atomic E-state index is 0.107. The third-order valence-electron chi connectivity index (χ3n) is 5.61. The predicted octanol–water partition coefficient (Wildman–Crippen LogP) is 2.73. The standard InChI is InChI=1S/C23H27N3O5S2/c1-16-4-3-5-18(12-16)24-22(27)14-26-20-13-19(33(29,30)25-8-10-31-11-9-25)6-7-21(20)32-15-17(2)23(26)28/h3-7,12-13,17H,8-11,14-15H2,1-2H3,(H,24,27). The number of ether oxygens (including phenoxy) is 1. The number of carbonyl (C=O) groups is 2. The van der Waals surface area contributed by atoms with Crippen molar-refractivity contribution >= 4 is 45.0 Å². The van der Waals surface area contributed by atoms with Crippen molar-refractivity contribution in [2.75, 3.05) is 48.8 Å². The zero-order valence-corrected chi connectivity index (χ0v) is 20.2. The highest BCUT2D eigenvalue weighted by atomic mass is 32.2. The topological polar surface area (TPSA) is 96.0 Å². The number of sulfonamides is 1. The van der Waals surface area contributed by atoms with Crippen LogP contribution in [-0.2, 0) is 24.3 Å². The SMILES string of the molecule is Cc1cccc(NC(=O)CN2C(=O)C(C)CSc3ccc(S(=O)(=O)N4CCOCC4)cc32)c1. The summed E-state index contributed by atoms with van der Waals surface area (Å²) < 4.78 is 33.0. The number of amides is 2. The lowest BCUT2D eigenvalue weighted by Crippen LogP contribution is -2.42. The molecule has 33 heavy (non-hydrogen) atoms. The fourth-order valence-corrected chi connectivity index (χ4v) is 6.31. The molecule has 4 rings (SSSR count). The Balaban J connectivity index is 1.65. The van der Waals surface area contributed by atoms with E-state index in [4.69, 9.17) is 4.74 Å². The Labute approximate surface area is 198 Å². The van der Waals surface area contributed by atoms with Crippen molar-refractivity contribution in [2.45, 2.75) is 23.6 Å². The molecule has 0 bridgehead atoms. The molecule has 8 nitrogen and oxygen atoms in total. The highest BCUT2D eigenvalue weighted by molar-refractivity contribution is 7.99. The van der Waals surface area contributed by atoms with Crippen LogP contribution >= 0.6 is 11.8 Å². The van der Waals surface area contributed by atoms with E-state index in [-0.39, 0.29) is 42.3 Å². The molecule has 2 heterocycles. The van der Waals surface area contributed by atoms with Crippen LogP contribution in [0.1, 0.15) is 12.5 Å². The fourth-order valence-electron chi connectivity index (χ4n) is 3.83. The van der Waals surface area contributed by atoms with Gasteiger partial charge in [-0.3, -0.25) is 9.59 Å². The second kappa shape index (κ2) is 9.84. The van der Waals surface area contributed by atoms with E-state index < -0.39 is 10.0 Å². The summed E-state index contributed by atoms with van der Waals surface area (Å²) in [6, 6.07) is 12.2. The zero-order chi connectivity index (χ0) is 23.6. The van der Waals surface area contributed by atoms with Crippen molar-refractivity contribution in [1.29, 1.82) is 0 Å². The molecule has 0 aromatic heterocycles. The Kier molecular flexibility index (Phi) is 7.08. The molecular formula is C23H27N3O5S2. The number of morpholine rings is 1. The van der Waals surface area contributed by atoms with E-state index in [9.17, 15) is 18.0 Å². The molecular weight excluding hydrogens is 462 g/mol. The van der Waals surface area contributed by atoms with Crippen LogP contribution in [0.2, 0.25) is 0 Å². The van der Waals surface area contributed by atoms with E-state index in [0.717, 1.165) is 10.5 Å². The monoisotopic (exact) mass is 489 g/mol. The average Bonchev–Trinajstić information content (AvgIpc) is 2.91. The first kappa shape index (κ1) is 23.7. The van der Waals surface area contributed by atoms with Gasteiger partial charge in [0.05, 0.1) is 23.8 Å². The van der Waals surface area contributed by atoms with Gasteiger partial charge in [-0.2, -0.15) is 4.31 Å². The van der Waals surface area contributed by atoms with Crippen LogP contribution in [0.5, 0.6) is 0 Å². The maximum absolute atomic E-state index is 13.2. The Morgan fingerprint density at radius 2 is 1.94 bits per heavy atom.